The van der Waals surface area contributed by atoms with Gasteiger partial charge in [-0.2, -0.15) is 0 Å². The summed E-state index contributed by atoms with van der Waals surface area (Å²) in [6, 6.07) is -0.838. The van der Waals surface area contributed by atoms with E-state index in [2.05, 4.69) is 10.3 Å². The lowest BCUT2D eigenvalue weighted by Crippen LogP contribution is -2.45. The van der Waals surface area contributed by atoms with E-state index in [-0.39, 0.29) is 19.2 Å². The van der Waals surface area contributed by atoms with Gasteiger partial charge in [0.2, 0.25) is 0 Å². The number of hydrogen-bond donors (Lipinski definition) is 2. The molecule has 0 radical (unpaired) electrons. The minimum Gasteiger partial charge on any atom is -0.481 e. The molecule has 20 heavy (non-hydrogen) atoms. The molecule has 2 N–H and O–H groups in total. The molecule has 2 atom stereocenters. The van der Waals surface area contributed by atoms with Crippen LogP contribution in [0.15, 0.2) is 0 Å². The molecule has 0 spiro atoms. The largest absolute Gasteiger partial charge is 0.481 e. The standard InChI is InChI=1S/C12H17N3O4S/c1-6-7(2)20-11(13-6)14-12(18)15(3)9-5-19-4-8(9)10(16)17/h8-9H,4-5H2,1-3H3,(H,16,17)(H,13,14,18). The first kappa shape index (κ1) is 14.7. The van der Waals surface area contributed by atoms with Crippen LogP contribution < -0.4 is 5.32 Å². The molecule has 1 aromatic rings. The SMILES string of the molecule is Cc1nc(NC(=O)N(C)C2COCC2C(=O)O)sc1C. The Hall–Kier alpha value is -1.67. The normalized spacial score (nSPS) is 21.8. The molecular formula is C12H17N3O4S. The van der Waals surface area contributed by atoms with Crippen LogP contribution >= 0.6 is 11.3 Å². The summed E-state index contributed by atoms with van der Waals surface area (Å²) >= 11 is 1.39. The Morgan fingerprint density at radius 2 is 2.15 bits per heavy atom. The van der Waals surface area contributed by atoms with Gasteiger partial charge in [0.05, 0.1) is 24.9 Å². The monoisotopic (exact) mass is 299 g/mol. The Morgan fingerprint density at radius 3 is 2.70 bits per heavy atom. The zero-order valence-corrected chi connectivity index (χ0v) is 12.4. The Kier molecular flexibility index (Phi) is 4.24. The summed E-state index contributed by atoms with van der Waals surface area (Å²) in [5.74, 6) is -1.64. The molecule has 8 heteroatoms. The number of ether oxygens (including phenoxy) is 1. The summed E-state index contributed by atoms with van der Waals surface area (Å²) in [7, 11) is 1.57. The molecule has 1 aliphatic rings. The number of carboxylic acid groups (broad SMARTS) is 1. The predicted octanol–water partition coefficient (Wildman–Crippen LogP) is 1.32. The number of aromatic nitrogens is 1. The minimum atomic E-state index is -0.951. The first-order chi connectivity index (χ1) is 9.40. The minimum absolute atomic E-state index is 0.132. The van der Waals surface area contributed by atoms with Crippen molar-refractivity contribution < 1.29 is 19.4 Å². The van der Waals surface area contributed by atoms with Crippen molar-refractivity contribution in [2.24, 2.45) is 5.92 Å². The van der Waals surface area contributed by atoms with E-state index in [1.54, 1.807) is 7.05 Å². The molecule has 0 bridgehead atoms. The lowest BCUT2D eigenvalue weighted by molar-refractivity contribution is -0.142. The van der Waals surface area contributed by atoms with Crippen molar-refractivity contribution in [1.82, 2.24) is 9.88 Å². The summed E-state index contributed by atoms with van der Waals surface area (Å²) in [6.45, 7) is 4.16. The number of thiazole rings is 1. The number of aryl methyl sites for hydroxylation is 2. The van der Waals surface area contributed by atoms with E-state index >= 15 is 0 Å². The molecule has 2 rings (SSSR count). The number of rotatable bonds is 3. The summed E-state index contributed by atoms with van der Waals surface area (Å²) in [5, 5.41) is 12.3. The molecule has 2 heterocycles. The van der Waals surface area contributed by atoms with Crippen LogP contribution in [0.4, 0.5) is 9.93 Å². The zero-order chi connectivity index (χ0) is 14.9. The first-order valence-corrected chi connectivity index (χ1v) is 7.00. The van der Waals surface area contributed by atoms with Crippen molar-refractivity contribution in [2.45, 2.75) is 19.9 Å². The highest BCUT2D eigenvalue weighted by molar-refractivity contribution is 7.15. The molecule has 1 fully saturated rings. The Bertz CT molecular complexity index is 511. The second-order valence-electron chi connectivity index (χ2n) is 4.75. The van der Waals surface area contributed by atoms with Crippen molar-refractivity contribution in [2.75, 3.05) is 25.6 Å². The van der Waals surface area contributed by atoms with Crippen LogP contribution in [0.1, 0.15) is 10.6 Å². The Balaban J connectivity index is 2.03. The van der Waals surface area contributed by atoms with Crippen LogP contribution in [-0.2, 0) is 9.53 Å². The van der Waals surface area contributed by atoms with Crippen molar-refractivity contribution in [3.8, 4) is 0 Å². The highest BCUT2D eigenvalue weighted by Gasteiger charge is 2.38. The Morgan fingerprint density at radius 1 is 1.45 bits per heavy atom. The first-order valence-electron chi connectivity index (χ1n) is 6.18. The van der Waals surface area contributed by atoms with Gasteiger partial charge in [-0.15, -0.1) is 11.3 Å². The molecule has 1 saturated heterocycles. The molecule has 1 aromatic heterocycles. The van der Waals surface area contributed by atoms with Crippen LogP contribution in [0.25, 0.3) is 0 Å². The average molecular weight is 299 g/mol. The fourth-order valence-electron chi connectivity index (χ4n) is 2.02. The van der Waals surface area contributed by atoms with Gasteiger partial charge in [0.15, 0.2) is 5.13 Å². The fourth-order valence-corrected chi connectivity index (χ4v) is 2.82. The number of carbonyl (C=O) groups excluding carboxylic acids is 1. The summed E-state index contributed by atoms with van der Waals surface area (Å²) in [4.78, 5) is 29.9. The van der Waals surface area contributed by atoms with E-state index in [1.165, 1.54) is 16.2 Å². The lowest BCUT2D eigenvalue weighted by atomic mass is 10.0. The number of urea groups is 1. The number of carboxylic acids is 1. The topological polar surface area (TPSA) is 91.8 Å². The van der Waals surface area contributed by atoms with E-state index in [0.717, 1.165) is 10.6 Å². The molecule has 0 aromatic carbocycles. The molecular weight excluding hydrogens is 282 g/mol. The third-order valence-corrected chi connectivity index (χ3v) is 4.42. The smallest absolute Gasteiger partial charge is 0.323 e. The highest BCUT2D eigenvalue weighted by atomic mass is 32.1. The average Bonchev–Trinajstić information content (AvgIpc) is 2.96. The second kappa shape index (κ2) is 5.76. The van der Waals surface area contributed by atoms with Gasteiger partial charge in [-0.25, -0.2) is 9.78 Å². The molecule has 0 saturated carbocycles. The van der Waals surface area contributed by atoms with Gasteiger partial charge < -0.3 is 14.7 Å². The van der Waals surface area contributed by atoms with Crippen LogP contribution in [-0.4, -0.2) is 53.3 Å². The van der Waals surface area contributed by atoms with Crippen LogP contribution in [0.5, 0.6) is 0 Å². The molecule has 110 valence electrons. The van der Waals surface area contributed by atoms with E-state index in [4.69, 9.17) is 9.84 Å². The van der Waals surface area contributed by atoms with Gasteiger partial charge in [-0.05, 0) is 13.8 Å². The Labute approximate surface area is 120 Å². The maximum atomic E-state index is 12.1. The van der Waals surface area contributed by atoms with Crippen molar-refractivity contribution in [3.63, 3.8) is 0 Å². The predicted molar refractivity (Wildman–Crippen MR) is 74.1 cm³/mol. The van der Waals surface area contributed by atoms with Gasteiger partial charge in [0, 0.05) is 11.9 Å². The van der Waals surface area contributed by atoms with Crippen LogP contribution in [0, 0.1) is 19.8 Å². The van der Waals surface area contributed by atoms with Gasteiger partial charge >= 0.3 is 12.0 Å². The van der Waals surface area contributed by atoms with Gasteiger partial charge in [0.1, 0.15) is 5.92 Å². The van der Waals surface area contributed by atoms with Crippen molar-refractivity contribution in [1.29, 1.82) is 0 Å². The number of likely N-dealkylation sites (N-methyl/N-ethyl adjacent to an activating group) is 1. The number of anilines is 1. The molecule has 0 aliphatic carbocycles. The molecule has 2 amide bonds. The van der Waals surface area contributed by atoms with Gasteiger partial charge in [-0.3, -0.25) is 10.1 Å². The number of nitrogens with one attached hydrogen (secondary N) is 1. The van der Waals surface area contributed by atoms with Crippen molar-refractivity contribution in [3.05, 3.63) is 10.6 Å². The quantitative estimate of drug-likeness (QED) is 0.878. The summed E-state index contributed by atoms with van der Waals surface area (Å²) in [6.07, 6.45) is 0. The van der Waals surface area contributed by atoms with E-state index in [0.29, 0.717) is 5.13 Å². The molecule has 2 unspecified atom stereocenters. The third kappa shape index (κ3) is 2.91. The van der Waals surface area contributed by atoms with Gasteiger partial charge in [0.25, 0.3) is 0 Å². The molecule has 1 aliphatic heterocycles. The van der Waals surface area contributed by atoms with E-state index in [9.17, 15) is 9.59 Å². The van der Waals surface area contributed by atoms with Crippen LogP contribution in [0.2, 0.25) is 0 Å². The maximum Gasteiger partial charge on any atom is 0.323 e. The van der Waals surface area contributed by atoms with E-state index < -0.39 is 17.9 Å². The fraction of sp³-hybridized carbons (Fsp3) is 0.583. The van der Waals surface area contributed by atoms with Gasteiger partial charge in [-0.1, -0.05) is 0 Å². The molecule has 7 nitrogen and oxygen atoms in total. The van der Waals surface area contributed by atoms with Crippen LogP contribution in [0.3, 0.4) is 0 Å². The lowest BCUT2D eigenvalue weighted by Gasteiger charge is -2.25. The number of carbonyl (C=O) groups is 2. The zero-order valence-electron chi connectivity index (χ0n) is 11.5. The number of nitrogens with zero attached hydrogens (tertiary/aromatic N) is 2. The number of hydrogen-bond acceptors (Lipinski definition) is 5. The van der Waals surface area contributed by atoms with Crippen molar-refractivity contribution >= 4 is 28.5 Å². The summed E-state index contributed by atoms with van der Waals surface area (Å²) in [5.41, 5.74) is 0.876. The highest BCUT2D eigenvalue weighted by Crippen LogP contribution is 2.23. The van der Waals surface area contributed by atoms with E-state index in [1.807, 2.05) is 13.8 Å². The number of aliphatic carboxylic acids is 1. The third-order valence-electron chi connectivity index (χ3n) is 3.43. The maximum absolute atomic E-state index is 12.1. The summed E-state index contributed by atoms with van der Waals surface area (Å²) < 4.78 is 5.16. The number of amides is 2. The second-order valence-corrected chi connectivity index (χ2v) is 5.95.